The van der Waals surface area contributed by atoms with Crippen LogP contribution in [0, 0.1) is 6.92 Å². The smallest absolute Gasteiger partial charge is 0.208 e. The molecule has 1 aromatic carbocycles. The first-order chi connectivity index (χ1) is 10.4. The van der Waals surface area contributed by atoms with Crippen molar-refractivity contribution in [3.63, 3.8) is 0 Å². The molecule has 0 unspecified atom stereocenters. The lowest BCUT2D eigenvalue weighted by molar-refractivity contribution is 0.567. The van der Waals surface area contributed by atoms with Crippen LogP contribution >= 0.6 is 0 Å². The number of hydrogen-bond donors (Lipinski definition) is 3. The van der Waals surface area contributed by atoms with E-state index in [-0.39, 0.29) is 10.8 Å². The van der Waals surface area contributed by atoms with Gasteiger partial charge in [-0.1, -0.05) is 45.0 Å². The fourth-order valence-electron chi connectivity index (χ4n) is 2.53. The number of aryl methyl sites for hydroxylation is 1. The number of nitrogens with one attached hydrogen (secondary N) is 3. The van der Waals surface area contributed by atoms with Gasteiger partial charge in [0.1, 0.15) is 5.69 Å². The highest BCUT2D eigenvalue weighted by Crippen LogP contribution is 2.29. The summed E-state index contributed by atoms with van der Waals surface area (Å²) in [5.74, 6) is 0.792. The predicted molar refractivity (Wildman–Crippen MR) is 89.9 cm³/mol. The van der Waals surface area contributed by atoms with Gasteiger partial charge >= 0.3 is 0 Å². The number of rotatable bonds is 2. The highest BCUT2D eigenvalue weighted by atomic mass is 16.1. The van der Waals surface area contributed by atoms with E-state index < -0.39 is 0 Å². The maximum atomic E-state index is 12.3. The molecule has 0 fully saturated rings. The van der Waals surface area contributed by atoms with Crippen LogP contribution < -0.4 is 21.4 Å². The Kier molecular flexibility index (Phi) is 3.45. The van der Waals surface area contributed by atoms with Gasteiger partial charge in [0.05, 0.1) is 6.54 Å². The third-order valence-electron chi connectivity index (χ3n) is 4.00. The lowest BCUT2D eigenvalue weighted by Gasteiger charge is -2.22. The van der Waals surface area contributed by atoms with Crippen LogP contribution in [0.1, 0.15) is 37.6 Å². The second kappa shape index (κ2) is 5.18. The monoisotopic (exact) mass is 298 g/mol. The van der Waals surface area contributed by atoms with Crippen LogP contribution in [0.3, 0.4) is 0 Å². The van der Waals surface area contributed by atoms with Crippen LogP contribution in [0.25, 0.3) is 0 Å². The van der Waals surface area contributed by atoms with Crippen molar-refractivity contribution in [2.24, 2.45) is 0 Å². The van der Waals surface area contributed by atoms with Crippen LogP contribution in [0.5, 0.6) is 0 Å². The molecule has 5 heteroatoms. The van der Waals surface area contributed by atoms with Gasteiger partial charge in [-0.2, -0.15) is 0 Å². The predicted octanol–water partition coefficient (Wildman–Crippen LogP) is 2.83. The number of nitrogens with zero attached hydrogens (tertiary/aromatic N) is 1. The van der Waals surface area contributed by atoms with Crippen LogP contribution in [-0.2, 0) is 12.0 Å². The SMILES string of the molecule is Cc1ccccc1CN1NNc2c1[nH]c(C(C)(C)C)cc2=O. The Labute approximate surface area is 130 Å². The molecule has 0 saturated carbocycles. The number of H-pyrrole nitrogens is 1. The summed E-state index contributed by atoms with van der Waals surface area (Å²) in [5, 5.41) is 1.94. The molecule has 0 amide bonds. The zero-order valence-electron chi connectivity index (χ0n) is 13.4. The van der Waals surface area contributed by atoms with E-state index in [0.717, 1.165) is 11.5 Å². The summed E-state index contributed by atoms with van der Waals surface area (Å²) in [7, 11) is 0. The van der Waals surface area contributed by atoms with Crippen molar-refractivity contribution in [1.82, 2.24) is 10.5 Å². The Hall–Kier alpha value is -2.27. The minimum Gasteiger partial charge on any atom is -0.342 e. The van der Waals surface area contributed by atoms with E-state index >= 15 is 0 Å². The normalized spacial score (nSPS) is 13.9. The number of hydrazine groups is 2. The van der Waals surface area contributed by atoms with Crippen molar-refractivity contribution in [3.8, 4) is 0 Å². The Morgan fingerprint density at radius 2 is 1.91 bits per heavy atom. The van der Waals surface area contributed by atoms with Gasteiger partial charge in [0.2, 0.25) is 5.43 Å². The number of aromatic amines is 1. The minimum absolute atomic E-state index is 0.00143. The van der Waals surface area contributed by atoms with E-state index in [1.54, 1.807) is 6.07 Å². The van der Waals surface area contributed by atoms with Crippen LogP contribution in [0.4, 0.5) is 11.5 Å². The molecule has 5 nitrogen and oxygen atoms in total. The molecule has 3 rings (SSSR count). The van der Waals surface area contributed by atoms with E-state index in [4.69, 9.17) is 0 Å². The standard InChI is InChI=1S/C17H22N4O/c1-11-7-5-6-8-12(11)10-21-16-15(19-20-21)13(22)9-14(18-16)17(2,3)4/h5-9,19-20H,10H2,1-4H3,(H,18,22). The molecule has 1 aromatic heterocycles. The van der Waals surface area contributed by atoms with Crippen LogP contribution in [-0.4, -0.2) is 4.98 Å². The number of hydrogen-bond acceptors (Lipinski definition) is 4. The number of aromatic nitrogens is 1. The molecule has 22 heavy (non-hydrogen) atoms. The quantitative estimate of drug-likeness (QED) is 0.798. The topological polar surface area (TPSA) is 60.2 Å². The number of fused-ring (bicyclic) bond motifs is 1. The lowest BCUT2D eigenvalue weighted by Crippen LogP contribution is -2.36. The second-order valence-electron chi connectivity index (χ2n) is 6.77. The third kappa shape index (κ3) is 2.60. The first-order valence-corrected chi connectivity index (χ1v) is 7.48. The average molecular weight is 298 g/mol. The van der Waals surface area contributed by atoms with E-state index in [1.807, 2.05) is 17.1 Å². The fraction of sp³-hybridized carbons (Fsp3) is 0.353. The van der Waals surface area contributed by atoms with Crippen LogP contribution in [0.15, 0.2) is 35.1 Å². The largest absolute Gasteiger partial charge is 0.342 e. The zero-order chi connectivity index (χ0) is 15.9. The molecule has 0 bridgehead atoms. The van der Waals surface area contributed by atoms with Gasteiger partial charge in [-0.25, -0.2) is 0 Å². The fourth-order valence-corrected chi connectivity index (χ4v) is 2.53. The van der Waals surface area contributed by atoms with Crippen molar-refractivity contribution in [2.75, 3.05) is 10.4 Å². The summed E-state index contributed by atoms with van der Waals surface area (Å²) in [6.07, 6.45) is 0. The zero-order valence-corrected chi connectivity index (χ0v) is 13.4. The minimum atomic E-state index is -0.106. The molecule has 1 aliphatic heterocycles. The molecular weight excluding hydrogens is 276 g/mol. The summed E-state index contributed by atoms with van der Waals surface area (Å²) >= 11 is 0. The van der Waals surface area contributed by atoms with Crippen molar-refractivity contribution >= 4 is 11.5 Å². The van der Waals surface area contributed by atoms with E-state index in [2.05, 4.69) is 55.8 Å². The van der Waals surface area contributed by atoms with Gasteiger partial charge < -0.3 is 4.98 Å². The average Bonchev–Trinajstić information content (AvgIpc) is 2.84. The molecular formula is C17H22N4O. The lowest BCUT2D eigenvalue weighted by atomic mass is 9.91. The number of benzene rings is 1. The van der Waals surface area contributed by atoms with Crippen molar-refractivity contribution in [1.29, 1.82) is 0 Å². The summed E-state index contributed by atoms with van der Waals surface area (Å²) in [5.41, 5.74) is 9.87. The molecule has 0 radical (unpaired) electrons. The van der Waals surface area contributed by atoms with Crippen LogP contribution in [0.2, 0.25) is 0 Å². The van der Waals surface area contributed by atoms with Crippen molar-refractivity contribution in [2.45, 2.75) is 39.7 Å². The molecule has 2 aromatic rings. The second-order valence-corrected chi connectivity index (χ2v) is 6.77. The van der Waals surface area contributed by atoms with Gasteiger partial charge in [0.25, 0.3) is 0 Å². The molecule has 0 aliphatic carbocycles. The Bertz CT molecular complexity index is 758. The van der Waals surface area contributed by atoms with Gasteiger partial charge in [-0.05, 0) is 18.1 Å². The van der Waals surface area contributed by atoms with Gasteiger partial charge in [-0.3, -0.25) is 15.2 Å². The van der Waals surface area contributed by atoms with Gasteiger partial charge in [-0.15, -0.1) is 5.53 Å². The highest BCUT2D eigenvalue weighted by Gasteiger charge is 2.26. The number of anilines is 2. The summed E-state index contributed by atoms with van der Waals surface area (Å²) in [4.78, 5) is 15.7. The first kappa shape index (κ1) is 14.7. The Balaban J connectivity index is 1.99. The van der Waals surface area contributed by atoms with Gasteiger partial charge in [0, 0.05) is 17.2 Å². The number of pyridine rings is 1. The van der Waals surface area contributed by atoms with Crippen molar-refractivity contribution < 1.29 is 0 Å². The molecule has 3 N–H and O–H groups in total. The molecule has 1 aliphatic rings. The summed E-state index contributed by atoms with van der Waals surface area (Å²) < 4.78 is 0. The maximum Gasteiger partial charge on any atom is 0.208 e. The molecule has 2 heterocycles. The van der Waals surface area contributed by atoms with E-state index in [9.17, 15) is 4.79 Å². The Morgan fingerprint density at radius 1 is 1.18 bits per heavy atom. The first-order valence-electron chi connectivity index (χ1n) is 7.48. The van der Waals surface area contributed by atoms with E-state index in [1.165, 1.54) is 11.1 Å². The molecule has 116 valence electrons. The third-order valence-corrected chi connectivity index (χ3v) is 4.00. The summed E-state index contributed by atoms with van der Waals surface area (Å²) in [6, 6.07) is 9.92. The van der Waals surface area contributed by atoms with E-state index in [0.29, 0.717) is 12.2 Å². The van der Waals surface area contributed by atoms with Gasteiger partial charge in [0.15, 0.2) is 5.82 Å². The molecule has 0 atom stereocenters. The summed E-state index contributed by atoms with van der Waals surface area (Å²) in [6.45, 7) is 9.04. The Morgan fingerprint density at radius 3 is 2.59 bits per heavy atom. The maximum absolute atomic E-state index is 12.3. The van der Waals surface area contributed by atoms with Crippen molar-refractivity contribution in [3.05, 3.63) is 57.4 Å². The molecule has 0 spiro atoms. The highest BCUT2D eigenvalue weighted by molar-refractivity contribution is 5.69. The molecule has 0 saturated heterocycles.